The number of rotatable bonds is 7. The molecule has 1 saturated carbocycles. The third-order valence-corrected chi connectivity index (χ3v) is 3.63. The van der Waals surface area contributed by atoms with Gasteiger partial charge in [-0.15, -0.1) is 0 Å². The zero-order valence-corrected chi connectivity index (χ0v) is 12.0. The van der Waals surface area contributed by atoms with Crippen molar-refractivity contribution in [3.8, 4) is 0 Å². The maximum Gasteiger partial charge on any atom is 0.129 e. The fourth-order valence-electron chi connectivity index (χ4n) is 2.15. The molecule has 0 aromatic carbocycles. The van der Waals surface area contributed by atoms with Crippen molar-refractivity contribution in [1.29, 1.82) is 0 Å². The molecule has 100 valence electrons. The minimum atomic E-state index is 0.695. The van der Waals surface area contributed by atoms with Gasteiger partial charge in [-0.2, -0.15) is 0 Å². The summed E-state index contributed by atoms with van der Waals surface area (Å²) in [4.78, 5) is 6.84. The molecule has 1 aliphatic rings. The molecule has 1 aliphatic carbocycles. The van der Waals surface area contributed by atoms with Crippen LogP contribution in [-0.4, -0.2) is 24.1 Å². The normalized spacial score (nSPS) is 14.8. The van der Waals surface area contributed by atoms with Crippen LogP contribution in [-0.2, 0) is 6.54 Å². The van der Waals surface area contributed by atoms with Crippen LogP contribution in [0.4, 0.5) is 5.82 Å². The first-order valence-electron chi connectivity index (χ1n) is 6.88. The van der Waals surface area contributed by atoms with Gasteiger partial charge in [-0.05, 0) is 44.4 Å². The van der Waals surface area contributed by atoms with Gasteiger partial charge >= 0.3 is 0 Å². The Kier molecular flexibility index (Phi) is 4.84. The molecule has 1 aromatic heterocycles. The summed E-state index contributed by atoms with van der Waals surface area (Å²) < 4.78 is 0. The quantitative estimate of drug-likeness (QED) is 0.769. The highest BCUT2D eigenvalue weighted by molar-refractivity contribution is 6.31. The lowest BCUT2D eigenvalue weighted by Gasteiger charge is -2.22. The molecule has 1 heterocycles. The predicted octanol–water partition coefficient (Wildman–Crippen LogP) is 3.22. The Bertz CT molecular complexity index is 391. The minimum Gasteiger partial charge on any atom is -0.354 e. The summed E-state index contributed by atoms with van der Waals surface area (Å²) in [6.07, 6.45) is 5.51. The number of pyridine rings is 1. The van der Waals surface area contributed by atoms with Crippen molar-refractivity contribution in [3.63, 3.8) is 0 Å². The molecule has 1 aromatic rings. The Labute approximate surface area is 115 Å². The van der Waals surface area contributed by atoms with E-state index >= 15 is 0 Å². The lowest BCUT2D eigenvalue weighted by molar-refractivity contribution is 0.674. The second kappa shape index (κ2) is 6.39. The van der Waals surface area contributed by atoms with Crippen molar-refractivity contribution >= 4 is 17.4 Å². The van der Waals surface area contributed by atoms with Crippen LogP contribution in [0.3, 0.4) is 0 Å². The zero-order chi connectivity index (χ0) is 13.0. The van der Waals surface area contributed by atoms with E-state index in [1.54, 1.807) is 6.20 Å². The van der Waals surface area contributed by atoms with Crippen LogP contribution >= 0.6 is 11.6 Å². The van der Waals surface area contributed by atoms with E-state index in [0.29, 0.717) is 6.04 Å². The van der Waals surface area contributed by atoms with Gasteiger partial charge in [0.2, 0.25) is 0 Å². The Balaban J connectivity index is 2.09. The van der Waals surface area contributed by atoms with Crippen LogP contribution in [0.5, 0.6) is 0 Å². The van der Waals surface area contributed by atoms with Gasteiger partial charge in [0, 0.05) is 25.3 Å². The molecular weight excluding hydrogens is 246 g/mol. The lowest BCUT2D eigenvalue weighted by atomic mass is 10.2. The molecule has 0 spiro atoms. The number of halogens is 1. The highest BCUT2D eigenvalue weighted by Gasteiger charge is 2.29. The monoisotopic (exact) mass is 267 g/mol. The first-order chi connectivity index (χ1) is 8.76. The molecule has 3 nitrogen and oxygen atoms in total. The third-order valence-electron chi connectivity index (χ3n) is 3.29. The lowest BCUT2D eigenvalue weighted by Crippen LogP contribution is -2.26. The number of nitrogens with zero attached hydrogens (tertiary/aromatic N) is 2. The Hall–Kier alpha value is -0.800. The van der Waals surface area contributed by atoms with Crippen molar-refractivity contribution in [3.05, 3.63) is 22.8 Å². The van der Waals surface area contributed by atoms with E-state index in [4.69, 9.17) is 11.6 Å². The average molecular weight is 268 g/mol. The number of aromatic nitrogens is 1. The van der Waals surface area contributed by atoms with E-state index < -0.39 is 0 Å². The number of hydrogen-bond donors (Lipinski definition) is 1. The van der Waals surface area contributed by atoms with Gasteiger partial charge < -0.3 is 10.2 Å². The van der Waals surface area contributed by atoms with Crippen LogP contribution < -0.4 is 10.2 Å². The fourth-order valence-corrected chi connectivity index (χ4v) is 2.32. The zero-order valence-electron chi connectivity index (χ0n) is 11.2. The highest BCUT2D eigenvalue weighted by Crippen LogP contribution is 2.31. The summed E-state index contributed by atoms with van der Waals surface area (Å²) in [5, 5.41) is 4.15. The van der Waals surface area contributed by atoms with Crippen LogP contribution in [0.15, 0.2) is 12.3 Å². The number of nitrogens with one attached hydrogen (secondary N) is 1. The molecule has 0 aliphatic heterocycles. The molecule has 0 amide bonds. The molecule has 0 radical (unpaired) electrons. The predicted molar refractivity (Wildman–Crippen MR) is 77.3 cm³/mol. The van der Waals surface area contributed by atoms with Crippen molar-refractivity contribution in [1.82, 2.24) is 10.3 Å². The molecule has 0 bridgehead atoms. The van der Waals surface area contributed by atoms with Crippen LogP contribution in [0.2, 0.25) is 5.02 Å². The van der Waals surface area contributed by atoms with E-state index in [1.165, 1.54) is 12.8 Å². The Morgan fingerprint density at radius 1 is 1.44 bits per heavy atom. The second-order valence-corrected chi connectivity index (χ2v) is 5.24. The Morgan fingerprint density at radius 2 is 2.22 bits per heavy atom. The molecule has 0 atom stereocenters. The summed E-state index contributed by atoms with van der Waals surface area (Å²) in [5.41, 5.74) is 1.15. The van der Waals surface area contributed by atoms with E-state index in [-0.39, 0.29) is 0 Å². The first kappa shape index (κ1) is 13.6. The van der Waals surface area contributed by atoms with E-state index in [9.17, 15) is 0 Å². The SMILES string of the molecule is CCCNCc1cc(N(CC)C2CC2)ncc1Cl. The van der Waals surface area contributed by atoms with Crippen molar-refractivity contribution < 1.29 is 0 Å². The molecule has 0 unspecified atom stereocenters. The van der Waals surface area contributed by atoms with Gasteiger partial charge in [-0.25, -0.2) is 4.98 Å². The third kappa shape index (κ3) is 3.36. The minimum absolute atomic E-state index is 0.695. The van der Waals surface area contributed by atoms with Crippen molar-refractivity contribution in [2.24, 2.45) is 0 Å². The molecule has 1 N–H and O–H groups in total. The maximum atomic E-state index is 6.20. The highest BCUT2D eigenvalue weighted by atomic mass is 35.5. The first-order valence-corrected chi connectivity index (χ1v) is 7.25. The molecule has 1 fully saturated rings. The smallest absolute Gasteiger partial charge is 0.129 e. The van der Waals surface area contributed by atoms with E-state index in [2.05, 4.69) is 35.1 Å². The fraction of sp³-hybridized carbons (Fsp3) is 0.643. The van der Waals surface area contributed by atoms with Crippen LogP contribution in [0, 0.1) is 0 Å². The van der Waals surface area contributed by atoms with Gasteiger partial charge in [0.25, 0.3) is 0 Å². The summed E-state index contributed by atoms with van der Waals surface area (Å²) >= 11 is 6.20. The van der Waals surface area contributed by atoms with E-state index in [1.807, 2.05) is 0 Å². The van der Waals surface area contributed by atoms with Crippen LogP contribution in [0.25, 0.3) is 0 Å². The summed E-state index contributed by atoms with van der Waals surface area (Å²) in [6, 6.07) is 2.83. The molecular formula is C14H22ClN3. The molecule has 4 heteroatoms. The number of anilines is 1. The second-order valence-electron chi connectivity index (χ2n) is 4.83. The Morgan fingerprint density at radius 3 is 2.83 bits per heavy atom. The maximum absolute atomic E-state index is 6.20. The van der Waals surface area contributed by atoms with Crippen LogP contribution in [0.1, 0.15) is 38.7 Å². The largest absolute Gasteiger partial charge is 0.354 e. The van der Waals surface area contributed by atoms with E-state index in [0.717, 1.165) is 42.5 Å². The van der Waals surface area contributed by atoms with Gasteiger partial charge in [0.15, 0.2) is 0 Å². The van der Waals surface area contributed by atoms with Gasteiger partial charge in [0.1, 0.15) is 5.82 Å². The summed E-state index contributed by atoms with van der Waals surface area (Å²) in [5.74, 6) is 1.07. The van der Waals surface area contributed by atoms with Crippen molar-refractivity contribution in [2.45, 2.75) is 45.7 Å². The molecule has 0 saturated heterocycles. The van der Waals surface area contributed by atoms with Gasteiger partial charge in [-0.3, -0.25) is 0 Å². The summed E-state index contributed by atoms with van der Waals surface area (Å²) in [7, 11) is 0. The molecule has 18 heavy (non-hydrogen) atoms. The van der Waals surface area contributed by atoms with Gasteiger partial charge in [0.05, 0.1) is 5.02 Å². The summed E-state index contributed by atoms with van der Waals surface area (Å²) in [6.45, 7) is 7.21. The number of hydrogen-bond acceptors (Lipinski definition) is 3. The van der Waals surface area contributed by atoms with Crippen molar-refractivity contribution in [2.75, 3.05) is 18.0 Å². The topological polar surface area (TPSA) is 28.2 Å². The molecule has 2 rings (SSSR count). The van der Waals surface area contributed by atoms with Gasteiger partial charge in [-0.1, -0.05) is 18.5 Å². The standard InChI is InChI=1S/C14H22ClN3/c1-3-7-16-9-11-8-14(17-10-13(11)15)18(4-2)12-5-6-12/h8,10,12,16H,3-7,9H2,1-2H3. The average Bonchev–Trinajstić information content (AvgIpc) is 3.18.